The summed E-state index contributed by atoms with van der Waals surface area (Å²) >= 11 is 0. The van der Waals surface area contributed by atoms with Crippen molar-refractivity contribution in [2.24, 2.45) is 0 Å². The Morgan fingerprint density at radius 3 is 1.81 bits per heavy atom. The van der Waals surface area contributed by atoms with E-state index in [1.165, 1.54) is 116 Å². The Morgan fingerprint density at radius 1 is 0.486 bits per heavy atom. The number of aryl methyl sites for hydroxylation is 2. The van der Waals surface area contributed by atoms with Crippen LogP contribution in [0.2, 0.25) is 0 Å². The molecule has 4 heteroatoms. The summed E-state index contributed by atoms with van der Waals surface area (Å²) in [7, 11) is 0. The summed E-state index contributed by atoms with van der Waals surface area (Å²) in [4.78, 5) is 5.07. The molecule has 1 aliphatic heterocycles. The number of hydrogen-bond donors (Lipinski definition) is 0. The number of benzene rings is 9. The Balaban J connectivity index is 1.13. The Labute approximate surface area is 419 Å². The molecule has 4 heterocycles. The second-order valence-electron chi connectivity index (χ2n) is 20.0. The predicted octanol–water partition coefficient (Wildman–Crippen LogP) is 18.1. The molecule has 2 atom stereocenters. The SMILES string of the molecule is Cc1cccc(N(c2ccccc2)c2ccc3c4c(-c5ccccc5)c5c(c6c7n5C5=C(CCC=C5)C7C(N(c5ccccc5)c5cccc(C)c5)C=C6)c(-c5ccccc5)c4n4c5ccccc5c2c34)c1. The Morgan fingerprint density at radius 2 is 1.10 bits per heavy atom. The van der Waals surface area contributed by atoms with Crippen LogP contribution in [-0.4, -0.2) is 15.0 Å². The van der Waals surface area contributed by atoms with Gasteiger partial charge in [-0.1, -0.05) is 164 Å². The fourth-order valence-electron chi connectivity index (χ4n) is 13.2. The minimum atomic E-state index is 0.0455. The van der Waals surface area contributed by atoms with Gasteiger partial charge in [-0.2, -0.15) is 0 Å². The molecular formula is C68H50N4. The zero-order valence-corrected chi connectivity index (χ0v) is 40.3. The van der Waals surface area contributed by atoms with Crippen LogP contribution in [0.4, 0.5) is 28.4 Å². The summed E-state index contributed by atoms with van der Waals surface area (Å²) in [6, 6.07) is 76.5. The maximum Gasteiger partial charge on any atom is 0.0647 e. The van der Waals surface area contributed by atoms with Crippen molar-refractivity contribution in [3.05, 3.63) is 252 Å². The second-order valence-corrected chi connectivity index (χ2v) is 20.0. The quantitative estimate of drug-likeness (QED) is 0.151. The first-order valence-electron chi connectivity index (χ1n) is 25.5. The van der Waals surface area contributed by atoms with E-state index in [2.05, 4.69) is 263 Å². The summed E-state index contributed by atoms with van der Waals surface area (Å²) in [6.07, 6.45) is 12.0. The lowest BCUT2D eigenvalue weighted by Gasteiger charge is -2.39. The number of anilines is 5. The summed E-state index contributed by atoms with van der Waals surface area (Å²) < 4.78 is 5.38. The largest absolute Gasteiger partial charge is 0.334 e. The zero-order valence-electron chi connectivity index (χ0n) is 40.3. The minimum Gasteiger partial charge on any atom is -0.334 e. The van der Waals surface area contributed by atoms with Crippen LogP contribution in [0.5, 0.6) is 0 Å². The molecule has 3 aliphatic rings. The number of rotatable bonds is 8. The lowest BCUT2D eigenvalue weighted by molar-refractivity contribution is 0.641. The molecule has 9 aromatic carbocycles. The van der Waals surface area contributed by atoms with Gasteiger partial charge in [0.05, 0.1) is 33.8 Å². The lowest BCUT2D eigenvalue weighted by Crippen LogP contribution is -2.37. The molecule has 2 unspecified atom stereocenters. The first-order valence-corrected chi connectivity index (χ1v) is 25.5. The number of allylic oxidation sites excluding steroid dienone is 3. The molecule has 0 bridgehead atoms. The number of fused-ring (bicyclic) bond motifs is 11. The van der Waals surface area contributed by atoms with Gasteiger partial charge in [0.2, 0.25) is 0 Å². The molecule has 0 radical (unpaired) electrons. The van der Waals surface area contributed by atoms with Gasteiger partial charge in [-0.3, -0.25) is 0 Å². The van der Waals surface area contributed by atoms with Crippen LogP contribution in [0.1, 0.15) is 41.1 Å². The maximum absolute atomic E-state index is 2.73. The molecule has 0 saturated carbocycles. The van der Waals surface area contributed by atoms with Crippen molar-refractivity contribution >= 4 is 89.2 Å². The fourth-order valence-corrected chi connectivity index (χ4v) is 13.2. The third kappa shape index (κ3) is 5.81. The van der Waals surface area contributed by atoms with Crippen molar-refractivity contribution in [3.63, 3.8) is 0 Å². The Hall–Kier alpha value is -8.86. The molecule has 0 amide bonds. The van der Waals surface area contributed by atoms with E-state index >= 15 is 0 Å². The van der Waals surface area contributed by atoms with Gasteiger partial charge >= 0.3 is 0 Å². The highest BCUT2D eigenvalue weighted by Gasteiger charge is 2.45. The highest BCUT2D eigenvalue weighted by atomic mass is 15.2. The van der Waals surface area contributed by atoms with Crippen LogP contribution in [0.3, 0.4) is 0 Å². The molecular weight excluding hydrogens is 873 g/mol. The first-order chi connectivity index (χ1) is 35.6. The third-order valence-electron chi connectivity index (χ3n) is 15.9. The predicted molar refractivity (Wildman–Crippen MR) is 304 cm³/mol. The van der Waals surface area contributed by atoms with Crippen LogP contribution in [0, 0.1) is 13.8 Å². The Bertz CT molecular complexity index is 4230. The van der Waals surface area contributed by atoms with E-state index in [9.17, 15) is 0 Å². The van der Waals surface area contributed by atoms with E-state index in [0.29, 0.717) is 0 Å². The topological polar surface area (TPSA) is 15.8 Å². The minimum absolute atomic E-state index is 0.0455. The van der Waals surface area contributed by atoms with Gasteiger partial charge in [0.1, 0.15) is 0 Å². The summed E-state index contributed by atoms with van der Waals surface area (Å²) in [5.41, 5.74) is 23.9. The standard InChI is InChI=1S/C68H50N4/c1-43-21-19-31-49(41-43)69(47-27-11-5-12-28-47)57-39-37-53-63-59(45-23-7-3-8-24-45)68-64(60(46-25-9-4-10-26-46)67(63)71-55-35-17-15-33-51(55)61(57)65(53)71)54-38-40-58(62-52-34-16-18-36-56(52)72(68)66(54)62)70(48-29-13-6-14-30-48)50-32-20-22-44(2)42-50/h3-15,17-33,35-42,58,62H,16,34H2,1-2H3. The summed E-state index contributed by atoms with van der Waals surface area (Å²) in [6.45, 7) is 4.40. The molecule has 342 valence electrons. The molecule has 0 fully saturated rings. The normalized spacial score (nSPS) is 15.9. The second kappa shape index (κ2) is 15.8. The van der Waals surface area contributed by atoms with E-state index in [-0.39, 0.29) is 12.0 Å². The molecule has 3 aromatic heterocycles. The number of para-hydroxylation sites is 3. The van der Waals surface area contributed by atoms with Crippen LogP contribution in [-0.2, 0) is 0 Å². The van der Waals surface area contributed by atoms with Gasteiger partial charge in [-0.15, -0.1) is 0 Å². The molecule has 4 nitrogen and oxygen atoms in total. The van der Waals surface area contributed by atoms with E-state index in [0.717, 1.165) is 29.9 Å². The number of aromatic nitrogens is 2. The first kappa shape index (κ1) is 41.0. The summed E-state index contributed by atoms with van der Waals surface area (Å²) in [5.74, 6) is 0.125. The smallest absolute Gasteiger partial charge is 0.0647 e. The third-order valence-corrected chi connectivity index (χ3v) is 15.9. The van der Waals surface area contributed by atoms with E-state index < -0.39 is 0 Å². The zero-order chi connectivity index (χ0) is 47.6. The number of hydrogen-bond acceptors (Lipinski definition) is 2. The van der Waals surface area contributed by atoms with E-state index in [1.54, 1.807) is 0 Å². The molecule has 15 rings (SSSR count). The van der Waals surface area contributed by atoms with Crippen LogP contribution >= 0.6 is 0 Å². The van der Waals surface area contributed by atoms with E-state index in [4.69, 9.17) is 0 Å². The molecule has 0 N–H and O–H groups in total. The average molecular weight is 923 g/mol. The van der Waals surface area contributed by atoms with E-state index in [1.807, 2.05) is 0 Å². The summed E-state index contributed by atoms with van der Waals surface area (Å²) in [5, 5.41) is 6.35. The van der Waals surface area contributed by atoms with Gasteiger partial charge in [0, 0.05) is 83.7 Å². The van der Waals surface area contributed by atoms with Crippen molar-refractivity contribution in [2.45, 2.75) is 38.6 Å². The fraction of sp³-hybridized carbons (Fsp3) is 0.0882. The van der Waals surface area contributed by atoms with Gasteiger partial charge in [-0.05, 0) is 121 Å². The van der Waals surface area contributed by atoms with Crippen molar-refractivity contribution in [1.82, 2.24) is 8.97 Å². The monoisotopic (exact) mass is 922 g/mol. The van der Waals surface area contributed by atoms with Crippen LogP contribution in [0.15, 0.2) is 230 Å². The van der Waals surface area contributed by atoms with Crippen LogP contribution in [0.25, 0.3) is 83.0 Å². The lowest BCUT2D eigenvalue weighted by atomic mass is 9.78. The van der Waals surface area contributed by atoms with Gasteiger partial charge in [0.15, 0.2) is 0 Å². The van der Waals surface area contributed by atoms with Crippen molar-refractivity contribution in [1.29, 1.82) is 0 Å². The van der Waals surface area contributed by atoms with Crippen molar-refractivity contribution in [3.8, 4) is 22.3 Å². The molecule has 0 spiro atoms. The molecule has 2 aliphatic carbocycles. The van der Waals surface area contributed by atoms with Gasteiger partial charge in [-0.25, -0.2) is 0 Å². The highest BCUT2D eigenvalue weighted by molar-refractivity contribution is 6.35. The van der Waals surface area contributed by atoms with Gasteiger partial charge < -0.3 is 18.8 Å². The van der Waals surface area contributed by atoms with Gasteiger partial charge in [0.25, 0.3) is 0 Å². The molecule has 12 aromatic rings. The van der Waals surface area contributed by atoms with Crippen molar-refractivity contribution < 1.29 is 0 Å². The Kier molecular flexibility index (Phi) is 9.01. The van der Waals surface area contributed by atoms with Crippen LogP contribution < -0.4 is 9.80 Å². The molecule has 72 heavy (non-hydrogen) atoms. The molecule has 0 saturated heterocycles. The maximum atomic E-state index is 2.73. The number of nitrogens with zero attached hydrogens (tertiary/aromatic N) is 4. The highest BCUT2D eigenvalue weighted by Crippen LogP contribution is 2.60. The van der Waals surface area contributed by atoms with Crippen molar-refractivity contribution in [2.75, 3.05) is 9.80 Å². The average Bonchev–Trinajstić information content (AvgIpc) is 4.18.